The zero-order valence-electron chi connectivity index (χ0n) is 16.1. The first-order valence-corrected chi connectivity index (χ1v) is 9.53. The van der Waals surface area contributed by atoms with Gasteiger partial charge in [0, 0.05) is 42.0 Å². The molecule has 150 valence electrons. The largest absolute Gasteiger partial charge is 0.334 e. The van der Waals surface area contributed by atoms with Crippen LogP contribution in [0.2, 0.25) is 0 Å². The van der Waals surface area contributed by atoms with Crippen molar-refractivity contribution in [1.29, 1.82) is 0 Å². The molecule has 0 atom stereocenters. The van der Waals surface area contributed by atoms with Crippen LogP contribution < -0.4 is 5.32 Å². The van der Waals surface area contributed by atoms with Crippen LogP contribution in [0.15, 0.2) is 72.8 Å². The molecular weight excluding hydrogens is 382 g/mol. The van der Waals surface area contributed by atoms with E-state index in [0.717, 1.165) is 17.5 Å². The van der Waals surface area contributed by atoms with Gasteiger partial charge in [-0.15, -0.1) is 0 Å². The molecule has 0 aromatic heterocycles. The van der Waals surface area contributed by atoms with Crippen LogP contribution >= 0.6 is 0 Å². The highest BCUT2D eigenvalue weighted by atomic mass is 16.6. The second-order valence-electron chi connectivity index (χ2n) is 7.09. The molecular formula is C23H19N3O4. The maximum Gasteiger partial charge on any atom is 0.270 e. The Balaban J connectivity index is 1.50. The molecule has 3 aromatic carbocycles. The number of benzene rings is 3. The normalized spacial score (nSPS) is 12.7. The van der Waals surface area contributed by atoms with Crippen LogP contribution in [0.3, 0.4) is 0 Å². The fourth-order valence-corrected chi connectivity index (χ4v) is 3.54. The minimum absolute atomic E-state index is 0.0210. The third-order valence-electron chi connectivity index (χ3n) is 5.10. The summed E-state index contributed by atoms with van der Waals surface area (Å²) >= 11 is 0. The molecule has 0 aliphatic carbocycles. The molecule has 1 heterocycles. The predicted molar refractivity (Wildman–Crippen MR) is 112 cm³/mol. The lowest BCUT2D eigenvalue weighted by atomic mass is 9.98. The number of hydrogen-bond donors (Lipinski definition) is 1. The van der Waals surface area contributed by atoms with Crippen LogP contribution in [-0.4, -0.2) is 28.2 Å². The van der Waals surface area contributed by atoms with E-state index >= 15 is 0 Å². The number of carbonyl (C=O) groups is 2. The zero-order valence-corrected chi connectivity index (χ0v) is 16.1. The SMILES string of the molecule is O=C(Nc1ccc2c(c1)CN(C(=O)c1ccccc1)CC2)c1cccc([N+](=O)[O-])c1. The summed E-state index contributed by atoms with van der Waals surface area (Å²) in [5.41, 5.74) is 3.42. The molecule has 30 heavy (non-hydrogen) atoms. The average Bonchev–Trinajstić information content (AvgIpc) is 2.78. The molecule has 3 aromatic rings. The maximum atomic E-state index is 12.7. The quantitative estimate of drug-likeness (QED) is 0.527. The van der Waals surface area contributed by atoms with E-state index in [1.807, 2.05) is 36.4 Å². The zero-order chi connectivity index (χ0) is 21.1. The number of nitro benzene ring substituents is 1. The van der Waals surface area contributed by atoms with E-state index < -0.39 is 10.8 Å². The first kappa shape index (κ1) is 19.3. The molecule has 7 nitrogen and oxygen atoms in total. The Morgan fingerprint density at radius 1 is 0.900 bits per heavy atom. The summed E-state index contributed by atoms with van der Waals surface area (Å²) in [4.78, 5) is 37.4. The third-order valence-corrected chi connectivity index (χ3v) is 5.10. The molecule has 1 N–H and O–H groups in total. The van der Waals surface area contributed by atoms with Crippen LogP contribution in [0, 0.1) is 10.1 Å². The lowest BCUT2D eigenvalue weighted by molar-refractivity contribution is -0.384. The van der Waals surface area contributed by atoms with Gasteiger partial charge in [-0.3, -0.25) is 19.7 Å². The number of anilines is 1. The highest BCUT2D eigenvalue weighted by Crippen LogP contribution is 2.24. The Morgan fingerprint density at radius 2 is 1.67 bits per heavy atom. The van der Waals surface area contributed by atoms with Gasteiger partial charge in [-0.1, -0.05) is 30.3 Å². The smallest absolute Gasteiger partial charge is 0.270 e. The van der Waals surface area contributed by atoms with Gasteiger partial charge < -0.3 is 10.2 Å². The number of rotatable bonds is 4. The molecule has 0 fully saturated rings. The first-order valence-electron chi connectivity index (χ1n) is 9.53. The van der Waals surface area contributed by atoms with Gasteiger partial charge in [0.05, 0.1) is 4.92 Å². The predicted octanol–water partition coefficient (Wildman–Crippen LogP) is 4.05. The summed E-state index contributed by atoms with van der Waals surface area (Å²) < 4.78 is 0. The van der Waals surface area contributed by atoms with Crippen molar-refractivity contribution in [2.75, 3.05) is 11.9 Å². The van der Waals surface area contributed by atoms with Gasteiger partial charge in [0.1, 0.15) is 0 Å². The van der Waals surface area contributed by atoms with Crippen molar-refractivity contribution in [2.24, 2.45) is 0 Å². The summed E-state index contributed by atoms with van der Waals surface area (Å²) in [5.74, 6) is -0.445. The Labute approximate surface area is 173 Å². The van der Waals surface area contributed by atoms with Crippen molar-refractivity contribution in [2.45, 2.75) is 13.0 Å². The standard InChI is InChI=1S/C23H19N3O4/c27-22(18-7-4-8-21(14-18)26(29)30)24-20-10-9-16-11-12-25(15-19(16)13-20)23(28)17-5-2-1-3-6-17/h1-10,13-14H,11-12,15H2,(H,24,27). The molecule has 0 saturated carbocycles. The van der Waals surface area contributed by atoms with Crippen molar-refractivity contribution < 1.29 is 14.5 Å². The minimum atomic E-state index is -0.534. The number of nitro groups is 1. The fourth-order valence-electron chi connectivity index (χ4n) is 3.54. The summed E-state index contributed by atoms with van der Waals surface area (Å²) in [5, 5.41) is 13.7. The second kappa shape index (κ2) is 8.16. The van der Waals surface area contributed by atoms with Gasteiger partial charge in [0.15, 0.2) is 0 Å². The number of amides is 2. The number of nitrogens with one attached hydrogen (secondary N) is 1. The molecule has 7 heteroatoms. The lowest BCUT2D eigenvalue weighted by Gasteiger charge is -2.29. The van der Waals surface area contributed by atoms with Crippen molar-refractivity contribution >= 4 is 23.2 Å². The monoisotopic (exact) mass is 401 g/mol. The van der Waals surface area contributed by atoms with Gasteiger partial charge in [-0.2, -0.15) is 0 Å². The highest BCUT2D eigenvalue weighted by Gasteiger charge is 2.22. The Morgan fingerprint density at radius 3 is 2.43 bits per heavy atom. The summed E-state index contributed by atoms with van der Waals surface area (Å²) in [7, 11) is 0. The van der Waals surface area contributed by atoms with Gasteiger partial charge in [0.2, 0.25) is 0 Å². The van der Waals surface area contributed by atoms with E-state index in [2.05, 4.69) is 5.32 Å². The lowest BCUT2D eigenvalue weighted by Crippen LogP contribution is -2.36. The number of carbonyl (C=O) groups excluding carboxylic acids is 2. The summed E-state index contributed by atoms with van der Waals surface area (Å²) in [6, 6.07) is 20.4. The topological polar surface area (TPSA) is 92.6 Å². The Hall–Kier alpha value is -4.00. The molecule has 4 rings (SSSR count). The summed E-state index contributed by atoms with van der Waals surface area (Å²) in [6.45, 7) is 1.10. The molecule has 0 spiro atoms. The van der Waals surface area contributed by atoms with Crippen LogP contribution in [0.4, 0.5) is 11.4 Å². The van der Waals surface area contributed by atoms with Gasteiger partial charge in [0.25, 0.3) is 17.5 Å². The fraction of sp³-hybridized carbons (Fsp3) is 0.130. The van der Waals surface area contributed by atoms with Crippen molar-refractivity contribution in [1.82, 2.24) is 4.90 Å². The van der Waals surface area contributed by atoms with Gasteiger partial charge in [-0.25, -0.2) is 0 Å². The Bertz CT molecular complexity index is 1130. The second-order valence-corrected chi connectivity index (χ2v) is 7.09. The van der Waals surface area contributed by atoms with E-state index in [9.17, 15) is 19.7 Å². The third kappa shape index (κ3) is 4.05. The van der Waals surface area contributed by atoms with Crippen molar-refractivity contribution in [3.63, 3.8) is 0 Å². The number of non-ortho nitro benzene ring substituents is 1. The number of fused-ring (bicyclic) bond motifs is 1. The van der Waals surface area contributed by atoms with Gasteiger partial charge >= 0.3 is 0 Å². The van der Waals surface area contributed by atoms with Crippen LogP contribution in [0.1, 0.15) is 31.8 Å². The molecule has 0 unspecified atom stereocenters. The van der Waals surface area contributed by atoms with Crippen molar-refractivity contribution in [3.05, 3.63) is 105 Å². The highest BCUT2D eigenvalue weighted by molar-refractivity contribution is 6.04. The average molecular weight is 401 g/mol. The minimum Gasteiger partial charge on any atom is -0.334 e. The molecule has 1 aliphatic rings. The molecule has 0 bridgehead atoms. The van der Waals surface area contributed by atoms with E-state index in [0.29, 0.717) is 24.3 Å². The molecule has 1 aliphatic heterocycles. The van der Waals surface area contributed by atoms with E-state index in [-0.39, 0.29) is 17.2 Å². The number of nitrogens with zero attached hydrogens (tertiary/aromatic N) is 2. The van der Waals surface area contributed by atoms with E-state index in [1.165, 1.54) is 24.3 Å². The molecule has 0 radical (unpaired) electrons. The summed E-state index contributed by atoms with van der Waals surface area (Å²) in [6.07, 6.45) is 0.743. The van der Waals surface area contributed by atoms with Crippen molar-refractivity contribution in [3.8, 4) is 0 Å². The molecule has 2 amide bonds. The van der Waals surface area contributed by atoms with Crippen LogP contribution in [-0.2, 0) is 13.0 Å². The van der Waals surface area contributed by atoms with E-state index in [4.69, 9.17) is 0 Å². The number of hydrogen-bond acceptors (Lipinski definition) is 4. The van der Waals surface area contributed by atoms with Gasteiger partial charge in [-0.05, 0) is 47.9 Å². The molecule has 0 saturated heterocycles. The van der Waals surface area contributed by atoms with E-state index in [1.54, 1.807) is 17.0 Å². The Kier molecular flexibility index (Phi) is 5.26. The first-order chi connectivity index (χ1) is 14.5. The van der Waals surface area contributed by atoms with Crippen LogP contribution in [0.5, 0.6) is 0 Å². The maximum absolute atomic E-state index is 12.7. The van der Waals surface area contributed by atoms with Crippen LogP contribution in [0.25, 0.3) is 0 Å².